The highest BCUT2D eigenvalue weighted by Gasteiger charge is 2.49. The summed E-state index contributed by atoms with van der Waals surface area (Å²) in [5, 5.41) is 10.3. The number of rotatable bonds is 3. The van der Waals surface area contributed by atoms with Crippen molar-refractivity contribution >= 4 is 8.32 Å². The van der Waals surface area contributed by atoms with Crippen molar-refractivity contribution in [2.24, 2.45) is 5.92 Å². The van der Waals surface area contributed by atoms with Gasteiger partial charge in [-0.25, -0.2) is 0 Å². The summed E-state index contributed by atoms with van der Waals surface area (Å²) < 4.78 is 18.1. The summed E-state index contributed by atoms with van der Waals surface area (Å²) >= 11 is 0. The summed E-state index contributed by atoms with van der Waals surface area (Å²) in [6.07, 6.45) is 2.80. The molecule has 21 heavy (non-hydrogen) atoms. The molecular formula is C16H30O4Si. The van der Waals surface area contributed by atoms with E-state index in [0.717, 1.165) is 0 Å². The van der Waals surface area contributed by atoms with Crippen LogP contribution in [-0.4, -0.2) is 44.1 Å². The predicted octanol–water partition coefficient (Wildman–Crippen LogP) is 3.08. The van der Waals surface area contributed by atoms with Gasteiger partial charge in [0.15, 0.2) is 14.1 Å². The molecule has 1 saturated heterocycles. The molecule has 0 bridgehead atoms. The van der Waals surface area contributed by atoms with E-state index in [0.29, 0.717) is 6.61 Å². The van der Waals surface area contributed by atoms with Crippen molar-refractivity contribution < 1.29 is 19.0 Å². The van der Waals surface area contributed by atoms with Gasteiger partial charge in [0.05, 0.1) is 6.10 Å². The summed E-state index contributed by atoms with van der Waals surface area (Å²) in [7, 11) is -1.78. The second-order valence-electron chi connectivity index (χ2n) is 8.18. The molecule has 4 atom stereocenters. The van der Waals surface area contributed by atoms with Gasteiger partial charge in [0.1, 0.15) is 12.2 Å². The van der Waals surface area contributed by atoms with Crippen molar-refractivity contribution in [3.8, 4) is 0 Å². The minimum Gasteiger partial charge on any atom is -0.416 e. The Bertz CT molecular complexity index is 411. The third-order valence-electron chi connectivity index (χ3n) is 4.92. The largest absolute Gasteiger partial charge is 0.416 e. The molecule has 0 radical (unpaired) electrons. The summed E-state index contributed by atoms with van der Waals surface area (Å²) in [6.45, 7) is 15.6. The fourth-order valence-corrected chi connectivity index (χ4v) is 3.60. The van der Waals surface area contributed by atoms with Gasteiger partial charge in [0.25, 0.3) is 0 Å². The van der Waals surface area contributed by atoms with Crippen molar-refractivity contribution in [3.05, 3.63) is 12.2 Å². The normalized spacial score (nSPS) is 35.8. The van der Waals surface area contributed by atoms with Crippen LogP contribution >= 0.6 is 0 Å². The molecule has 1 aliphatic carbocycles. The Hall–Kier alpha value is -0.203. The molecule has 0 spiro atoms. The first-order chi connectivity index (χ1) is 9.43. The van der Waals surface area contributed by atoms with E-state index in [1.165, 1.54) is 0 Å². The van der Waals surface area contributed by atoms with E-state index in [2.05, 4.69) is 33.9 Å². The number of hydrogen-bond acceptors (Lipinski definition) is 4. The standard InChI is InChI=1S/C16H30O4Si/c1-15(2,3)21(6,7)18-10-11-8-9-12(17)14-13(11)19-16(4,5)20-14/h8-9,11-14,17H,10H2,1-7H3/t11-,12-,13-,14+/m1/s1. The van der Waals surface area contributed by atoms with Crippen LogP contribution in [0.3, 0.4) is 0 Å². The Balaban J connectivity index is 2.05. The molecule has 1 fully saturated rings. The van der Waals surface area contributed by atoms with E-state index >= 15 is 0 Å². The molecule has 5 heteroatoms. The monoisotopic (exact) mass is 314 g/mol. The van der Waals surface area contributed by atoms with Crippen LogP contribution in [0.5, 0.6) is 0 Å². The molecule has 4 nitrogen and oxygen atoms in total. The number of hydrogen-bond donors (Lipinski definition) is 1. The van der Waals surface area contributed by atoms with Crippen LogP contribution in [0, 0.1) is 5.92 Å². The molecule has 0 unspecified atom stereocenters. The van der Waals surface area contributed by atoms with Gasteiger partial charge in [0.2, 0.25) is 0 Å². The first kappa shape index (κ1) is 17.2. The van der Waals surface area contributed by atoms with Crippen molar-refractivity contribution in [1.82, 2.24) is 0 Å². The fraction of sp³-hybridized carbons (Fsp3) is 0.875. The Morgan fingerprint density at radius 3 is 2.29 bits per heavy atom. The lowest BCUT2D eigenvalue weighted by Gasteiger charge is -2.38. The van der Waals surface area contributed by atoms with Crippen LogP contribution in [0.15, 0.2) is 12.2 Å². The van der Waals surface area contributed by atoms with Gasteiger partial charge in [-0.2, -0.15) is 0 Å². The highest BCUT2D eigenvalue weighted by Crippen LogP contribution is 2.40. The van der Waals surface area contributed by atoms with Gasteiger partial charge in [0, 0.05) is 12.5 Å². The first-order valence-corrected chi connectivity index (χ1v) is 10.7. The van der Waals surface area contributed by atoms with Crippen molar-refractivity contribution in [1.29, 1.82) is 0 Å². The van der Waals surface area contributed by atoms with Gasteiger partial charge in [-0.05, 0) is 32.0 Å². The lowest BCUT2D eigenvalue weighted by molar-refractivity contribution is -0.154. The Labute approximate surface area is 129 Å². The Kier molecular flexibility index (Phi) is 4.46. The first-order valence-electron chi connectivity index (χ1n) is 7.79. The van der Waals surface area contributed by atoms with Crippen molar-refractivity contribution in [2.45, 2.75) is 76.8 Å². The van der Waals surface area contributed by atoms with E-state index in [9.17, 15) is 5.11 Å². The third kappa shape index (κ3) is 3.59. The van der Waals surface area contributed by atoms with E-state index in [-0.39, 0.29) is 23.2 Å². The number of aliphatic hydroxyl groups excluding tert-OH is 1. The molecule has 1 aliphatic heterocycles. The molecule has 2 rings (SSSR count). The second-order valence-corrected chi connectivity index (χ2v) is 13.0. The lowest BCUT2D eigenvalue weighted by atomic mass is 9.89. The molecule has 1 heterocycles. The maximum atomic E-state index is 10.1. The van der Waals surface area contributed by atoms with E-state index in [1.54, 1.807) is 0 Å². The van der Waals surface area contributed by atoms with Gasteiger partial charge in [-0.1, -0.05) is 32.9 Å². The topological polar surface area (TPSA) is 47.9 Å². The number of aliphatic hydroxyl groups is 1. The Morgan fingerprint density at radius 1 is 1.14 bits per heavy atom. The summed E-state index contributed by atoms with van der Waals surface area (Å²) in [6, 6.07) is 0. The van der Waals surface area contributed by atoms with Crippen LogP contribution < -0.4 is 0 Å². The minimum atomic E-state index is -1.78. The molecule has 1 N–H and O–H groups in total. The van der Waals surface area contributed by atoms with Gasteiger partial charge < -0.3 is 19.0 Å². The van der Waals surface area contributed by atoms with E-state index < -0.39 is 20.2 Å². The molecule has 0 aromatic rings. The maximum Gasteiger partial charge on any atom is 0.192 e. The third-order valence-corrected chi connectivity index (χ3v) is 9.42. The smallest absolute Gasteiger partial charge is 0.192 e. The van der Waals surface area contributed by atoms with Gasteiger partial charge >= 0.3 is 0 Å². The van der Waals surface area contributed by atoms with Crippen LogP contribution in [-0.2, 0) is 13.9 Å². The summed E-state index contributed by atoms with van der Waals surface area (Å²) in [5.41, 5.74) is 0. The molecular weight excluding hydrogens is 284 g/mol. The zero-order valence-corrected chi connectivity index (χ0v) is 15.3. The van der Waals surface area contributed by atoms with Crippen LogP contribution in [0.2, 0.25) is 18.1 Å². The zero-order valence-electron chi connectivity index (χ0n) is 14.3. The maximum absolute atomic E-state index is 10.1. The van der Waals surface area contributed by atoms with E-state index in [4.69, 9.17) is 13.9 Å². The van der Waals surface area contributed by atoms with Crippen molar-refractivity contribution in [3.63, 3.8) is 0 Å². The SMILES string of the molecule is CC1(C)O[C@@H]2[C@H](O1)[C@@H](CO[Si](C)(C)C(C)(C)C)C=C[C@H]2O. The summed E-state index contributed by atoms with van der Waals surface area (Å²) in [4.78, 5) is 0. The fourth-order valence-electron chi connectivity index (χ4n) is 2.56. The quantitative estimate of drug-likeness (QED) is 0.642. The molecule has 2 aliphatic rings. The molecule has 0 saturated carbocycles. The van der Waals surface area contributed by atoms with Crippen molar-refractivity contribution in [2.75, 3.05) is 6.61 Å². The second kappa shape index (κ2) is 5.46. The van der Waals surface area contributed by atoms with Crippen LogP contribution in [0.25, 0.3) is 0 Å². The number of ether oxygens (including phenoxy) is 2. The number of fused-ring (bicyclic) bond motifs is 1. The molecule has 122 valence electrons. The molecule has 0 aromatic carbocycles. The highest BCUT2D eigenvalue weighted by molar-refractivity contribution is 6.74. The zero-order chi connectivity index (χ0) is 16.1. The molecule has 0 amide bonds. The lowest BCUT2D eigenvalue weighted by Crippen LogP contribution is -2.46. The van der Waals surface area contributed by atoms with Gasteiger partial charge in [-0.15, -0.1) is 0 Å². The average molecular weight is 314 g/mol. The van der Waals surface area contributed by atoms with E-state index in [1.807, 2.05) is 26.0 Å². The minimum absolute atomic E-state index is 0.134. The van der Waals surface area contributed by atoms with Crippen LogP contribution in [0.1, 0.15) is 34.6 Å². The highest BCUT2D eigenvalue weighted by atomic mass is 28.4. The molecule has 0 aromatic heterocycles. The predicted molar refractivity (Wildman–Crippen MR) is 85.6 cm³/mol. The van der Waals surface area contributed by atoms with Gasteiger partial charge in [-0.3, -0.25) is 0 Å². The average Bonchev–Trinajstić information content (AvgIpc) is 2.63. The van der Waals surface area contributed by atoms with Crippen LogP contribution in [0.4, 0.5) is 0 Å². The summed E-state index contributed by atoms with van der Waals surface area (Å²) in [5.74, 6) is -0.508. The Morgan fingerprint density at radius 2 is 1.71 bits per heavy atom.